The maximum atomic E-state index is 12.5. The predicted molar refractivity (Wildman–Crippen MR) is 126 cm³/mol. The molecule has 0 fully saturated rings. The van der Waals surface area contributed by atoms with Crippen molar-refractivity contribution in [3.8, 4) is 23.0 Å². The van der Waals surface area contributed by atoms with Gasteiger partial charge in [0.15, 0.2) is 11.5 Å². The van der Waals surface area contributed by atoms with Crippen molar-refractivity contribution in [2.75, 3.05) is 21.3 Å². The van der Waals surface area contributed by atoms with Crippen LogP contribution in [0.5, 0.6) is 23.0 Å². The van der Waals surface area contributed by atoms with Gasteiger partial charge in [0.2, 0.25) is 5.75 Å². The third-order valence-electron chi connectivity index (χ3n) is 4.67. The second-order valence-electron chi connectivity index (χ2n) is 6.88. The zero-order valence-electron chi connectivity index (χ0n) is 19.0. The summed E-state index contributed by atoms with van der Waals surface area (Å²) < 4.78 is 21.0. The van der Waals surface area contributed by atoms with Crippen molar-refractivity contribution in [1.82, 2.24) is 5.43 Å². The molecule has 35 heavy (non-hydrogen) atoms. The van der Waals surface area contributed by atoms with E-state index in [-0.39, 0.29) is 22.6 Å². The van der Waals surface area contributed by atoms with Gasteiger partial charge in [0.25, 0.3) is 11.6 Å². The molecule has 180 valence electrons. The van der Waals surface area contributed by atoms with Crippen LogP contribution in [0.4, 0.5) is 5.69 Å². The predicted octanol–water partition coefficient (Wildman–Crippen LogP) is 3.60. The molecule has 11 heteroatoms. The van der Waals surface area contributed by atoms with Gasteiger partial charge in [-0.15, -0.1) is 0 Å². The molecule has 3 aromatic carbocycles. The highest BCUT2D eigenvalue weighted by Crippen LogP contribution is 2.38. The molecule has 0 atom stereocenters. The number of ether oxygens (including phenoxy) is 4. The summed E-state index contributed by atoms with van der Waals surface area (Å²) in [6.07, 6.45) is 1.36. The molecule has 0 aliphatic rings. The van der Waals surface area contributed by atoms with Gasteiger partial charge in [-0.2, -0.15) is 5.10 Å². The summed E-state index contributed by atoms with van der Waals surface area (Å²) >= 11 is 0. The van der Waals surface area contributed by atoms with Crippen molar-refractivity contribution in [3.05, 3.63) is 87.5 Å². The molecule has 3 rings (SSSR count). The number of benzene rings is 3. The summed E-state index contributed by atoms with van der Waals surface area (Å²) in [6.45, 7) is 0. The molecule has 0 saturated carbocycles. The minimum Gasteiger partial charge on any atom is -0.493 e. The molecule has 0 spiro atoms. The summed E-state index contributed by atoms with van der Waals surface area (Å²) in [5.41, 5.74) is 2.98. The van der Waals surface area contributed by atoms with Gasteiger partial charge in [0.1, 0.15) is 5.75 Å². The number of nitro groups is 1. The highest BCUT2D eigenvalue weighted by atomic mass is 16.6. The number of non-ortho nitro benzene ring substituents is 1. The average Bonchev–Trinajstić information content (AvgIpc) is 2.87. The largest absolute Gasteiger partial charge is 0.493 e. The Hall–Kier alpha value is -4.93. The lowest BCUT2D eigenvalue weighted by molar-refractivity contribution is -0.384. The van der Waals surface area contributed by atoms with Crippen LogP contribution in [-0.4, -0.2) is 44.3 Å². The van der Waals surface area contributed by atoms with Crippen LogP contribution < -0.4 is 24.4 Å². The molecule has 1 amide bonds. The van der Waals surface area contributed by atoms with Gasteiger partial charge in [0.05, 0.1) is 38.0 Å². The maximum Gasteiger partial charge on any atom is 0.343 e. The lowest BCUT2D eigenvalue weighted by atomic mass is 10.1. The van der Waals surface area contributed by atoms with Gasteiger partial charge >= 0.3 is 5.97 Å². The molecule has 1 N–H and O–H groups in total. The number of carbonyl (C=O) groups is 2. The standard InChI is InChI=1S/C24H21N3O8/c1-32-20-12-17(13-21(33-2)22(20)34-3)23(28)26-25-14-15-6-4-9-19(10-15)35-24(29)16-7-5-8-18(11-16)27(30)31/h4-14H,1-3H3,(H,26,28). The summed E-state index contributed by atoms with van der Waals surface area (Å²) in [7, 11) is 4.34. The Balaban J connectivity index is 1.69. The van der Waals surface area contributed by atoms with E-state index in [1.54, 1.807) is 18.2 Å². The molecule has 0 aromatic heterocycles. The van der Waals surface area contributed by atoms with Crippen molar-refractivity contribution in [2.24, 2.45) is 5.10 Å². The highest BCUT2D eigenvalue weighted by Gasteiger charge is 2.17. The van der Waals surface area contributed by atoms with E-state index >= 15 is 0 Å². The number of amides is 1. The third kappa shape index (κ3) is 6.11. The molecule has 0 aliphatic heterocycles. The first-order valence-electron chi connectivity index (χ1n) is 10.1. The fourth-order valence-electron chi connectivity index (χ4n) is 3.01. The lowest BCUT2D eigenvalue weighted by Crippen LogP contribution is -2.18. The Morgan fingerprint density at radius 2 is 1.60 bits per heavy atom. The SMILES string of the molecule is COc1cc(C(=O)NN=Cc2cccc(OC(=O)c3cccc([N+](=O)[O-])c3)c2)cc(OC)c1OC. The molecule has 0 saturated heterocycles. The lowest BCUT2D eigenvalue weighted by Gasteiger charge is -2.13. The Bertz CT molecular complexity index is 1260. The van der Waals surface area contributed by atoms with Crippen LogP contribution in [0.1, 0.15) is 26.3 Å². The zero-order chi connectivity index (χ0) is 25.4. The number of carbonyl (C=O) groups excluding carboxylic acids is 2. The van der Waals surface area contributed by atoms with Crippen molar-refractivity contribution < 1.29 is 33.5 Å². The van der Waals surface area contributed by atoms with Crippen molar-refractivity contribution in [3.63, 3.8) is 0 Å². The van der Waals surface area contributed by atoms with Crippen molar-refractivity contribution >= 4 is 23.8 Å². The Kier molecular flexibility index (Phi) is 7.96. The molecule has 11 nitrogen and oxygen atoms in total. The Morgan fingerprint density at radius 1 is 0.914 bits per heavy atom. The molecule has 0 heterocycles. The number of methoxy groups -OCH3 is 3. The van der Waals surface area contributed by atoms with Gasteiger partial charge in [-0.1, -0.05) is 18.2 Å². The van der Waals surface area contributed by atoms with Crippen molar-refractivity contribution in [2.45, 2.75) is 0 Å². The Morgan fingerprint density at radius 3 is 2.23 bits per heavy atom. The van der Waals surface area contributed by atoms with Crippen LogP contribution in [0, 0.1) is 10.1 Å². The number of hydrogen-bond donors (Lipinski definition) is 1. The third-order valence-corrected chi connectivity index (χ3v) is 4.67. The highest BCUT2D eigenvalue weighted by molar-refractivity contribution is 5.96. The Labute approximate surface area is 200 Å². The number of nitrogens with zero attached hydrogens (tertiary/aromatic N) is 2. The summed E-state index contributed by atoms with van der Waals surface area (Å²) in [6, 6.07) is 14.6. The van der Waals surface area contributed by atoms with Gasteiger partial charge in [-0.3, -0.25) is 14.9 Å². The normalized spacial score (nSPS) is 10.5. The minimum atomic E-state index is -0.751. The molecule has 0 bridgehead atoms. The van der Waals surface area contributed by atoms with Crippen molar-refractivity contribution in [1.29, 1.82) is 0 Å². The molecule has 0 radical (unpaired) electrons. The summed E-state index contributed by atoms with van der Waals surface area (Å²) in [5.74, 6) is -0.0846. The summed E-state index contributed by atoms with van der Waals surface area (Å²) in [4.78, 5) is 35.2. The first-order chi connectivity index (χ1) is 16.9. The molecule has 0 unspecified atom stereocenters. The molecular formula is C24H21N3O8. The van der Waals surface area contributed by atoms with Gasteiger partial charge < -0.3 is 18.9 Å². The van der Waals surface area contributed by atoms with E-state index in [0.29, 0.717) is 22.8 Å². The van der Waals surface area contributed by atoms with Crippen LogP contribution in [-0.2, 0) is 0 Å². The van der Waals surface area contributed by atoms with Gasteiger partial charge in [0, 0.05) is 17.7 Å². The smallest absolute Gasteiger partial charge is 0.343 e. The minimum absolute atomic E-state index is 0.0379. The summed E-state index contributed by atoms with van der Waals surface area (Å²) in [5, 5.41) is 14.8. The number of nitro benzene ring substituents is 1. The first-order valence-corrected chi connectivity index (χ1v) is 10.1. The van der Waals surface area contributed by atoms with Crippen LogP contribution in [0.2, 0.25) is 0 Å². The topological polar surface area (TPSA) is 139 Å². The maximum absolute atomic E-state index is 12.5. The van der Waals surface area contributed by atoms with E-state index in [2.05, 4.69) is 10.5 Å². The monoisotopic (exact) mass is 479 g/mol. The van der Waals surface area contributed by atoms with Crippen LogP contribution >= 0.6 is 0 Å². The molecular weight excluding hydrogens is 458 g/mol. The van der Waals surface area contributed by atoms with E-state index in [4.69, 9.17) is 18.9 Å². The van der Waals surface area contributed by atoms with E-state index in [0.717, 1.165) is 6.07 Å². The molecule has 3 aromatic rings. The average molecular weight is 479 g/mol. The van der Waals surface area contributed by atoms with Crippen LogP contribution in [0.15, 0.2) is 65.8 Å². The van der Waals surface area contributed by atoms with Crippen LogP contribution in [0.3, 0.4) is 0 Å². The fraction of sp³-hybridized carbons (Fsp3) is 0.125. The van der Waals surface area contributed by atoms with Crippen LogP contribution in [0.25, 0.3) is 0 Å². The second kappa shape index (κ2) is 11.3. The number of esters is 1. The van der Waals surface area contributed by atoms with Gasteiger partial charge in [-0.25, -0.2) is 10.2 Å². The van der Waals surface area contributed by atoms with E-state index in [9.17, 15) is 19.7 Å². The first kappa shape index (κ1) is 24.7. The second-order valence-corrected chi connectivity index (χ2v) is 6.88. The van der Waals surface area contributed by atoms with E-state index < -0.39 is 16.8 Å². The fourth-order valence-corrected chi connectivity index (χ4v) is 3.01. The quantitative estimate of drug-likeness (QED) is 0.161. The number of hydrazone groups is 1. The van der Waals surface area contributed by atoms with E-state index in [1.165, 1.54) is 63.9 Å². The number of hydrogen-bond acceptors (Lipinski definition) is 9. The number of nitrogens with one attached hydrogen (secondary N) is 1. The van der Waals surface area contributed by atoms with Gasteiger partial charge in [-0.05, 0) is 35.9 Å². The molecule has 0 aliphatic carbocycles. The number of rotatable bonds is 9. The zero-order valence-corrected chi connectivity index (χ0v) is 19.0. The van der Waals surface area contributed by atoms with E-state index in [1.807, 2.05) is 0 Å².